The highest BCUT2D eigenvalue weighted by atomic mass is 16.5. The molecule has 6 aliphatic carbocycles. The normalized spacial score (nSPS) is 37.0. The SMILES string of the molecule is CC(=O)[C@@H]1CCN1c1nc2ccccc2n(C2C[C@H]3CCC[C@@H](C2)N3C2C[C@H]3CC(C)C[C@@H](C2)C3)c1=O.CC(=O)[C@@H]1CCN1c1nc2ccccc2n(C2C[C@H]3CCC[C@@H](C2)N3C2C[C@H]3CCCC[C@@H](C2)C3)c1=O.CCC1C[C@@H]2CC(N3[C@@H]4COC[C@H]3CC(n3c(=O)c(N5CC[C@H]5C(C)=O)nc5ccccc53)C4)C[C@H](C1)C2. The van der Waals surface area contributed by atoms with Crippen LogP contribution in [0.15, 0.2) is 87.2 Å². The molecule has 8 unspecified atom stereocenters. The highest BCUT2D eigenvalue weighted by Gasteiger charge is 2.52. The molecule has 15 aliphatic rings. The number of ketones is 3. The molecule has 0 radical (unpaired) electrons. The van der Waals surface area contributed by atoms with E-state index in [-0.39, 0.29) is 70.3 Å². The van der Waals surface area contributed by atoms with E-state index in [0.29, 0.717) is 66.3 Å². The number of hydrogen-bond donors (Lipinski definition) is 0. The number of carbonyl (C=O) groups is 3. The third-order valence-electron chi connectivity index (χ3n) is 32.0. The molecular formula is C93H126N12O7. The first-order valence-electron chi connectivity index (χ1n) is 45.3. The van der Waals surface area contributed by atoms with Crippen LogP contribution < -0.4 is 31.4 Å². The number of anilines is 3. The molecule has 0 N–H and O–H groups in total. The van der Waals surface area contributed by atoms with Crippen molar-refractivity contribution in [2.75, 3.05) is 47.5 Å². The fourth-order valence-corrected chi connectivity index (χ4v) is 27.4. The molecule has 12 heterocycles. The van der Waals surface area contributed by atoms with E-state index < -0.39 is 0 Å². The van der Waals surface area contributed by atoms with E-state index in [4.69, 9.17) is 19.7 Å². The zero-order valence-corrected chi connectivity index (χ0v) is 67.8. The number of piperidine rings is 5. The maximum absolute atomic E-state index is 14.1. The average Bonchev–Trinajstić information content (AvgIpc) is 0.792. The van der Waals surface area contributed by atoms with Gasteiger partial charge in [0.2, 0.25) is 0 Å². The zero-order chi connectivity index (χ0) is 76.3. The minimum absolute atomic E-state index is 0.00218. The van der Waals surface area contributed by atoms with E-state index in [2.05, 4.69) is 49.8 Å². The summed E-state index contributed by atoms with van der Waals surface area (Å²) in [5.74, 6) is 9.10. The molecule has 6 saturated carbocycles. The van der Waals surface area contributed by atoms with Crippen LogP contribution in [0.2, 0.25) is 0 Å². The molecule has 9 aliphatic heterocycles. The fraction of sp³-hybridized carbons (Fsp3) is 0.710. The van der Waals surface area contributed by atoms with E-state index >= 15 is 0 Å². The van der Waals surface area contributed by atoms with Crippen LogP contribution in [0.4, 0.5) is 17.5 Å². The number of nitrogens with zero attached hydrogens (tertiary/aromatic N) is 12. The van der Waals surface area contributed by atoms with Gasteiger partial charge in [-0.3, -0.25) is 43.5 Å². The molecular weight excluding hydrogens is 1400 g/mol. The molecule has 3 aromatic heterocycles. The second kappa shape index (κ2) is 31.4. The number of ether oxygens (including phenoxy) is 1. The lowest BCUT2D eigenvalue weighted by atomic mass is 9.65. The van der Waals surface area contributed by atoms with E-state index in [1.807, 2.05) is 79.9 Å². The van der Waals surface area contributed by atoms with E-state index in [1.54, 1.807) is 20.8 Å². The maximum Gasteiger partial charge on any atom is 0.294 e. The Balaban J connectivity index is 0.000000113. The first-order chi connectivity index (χ1) is 54.5. The number of fused-ring (bicyclic) bond motifs is 15. The van der Waals surface area contributed by atoms with Gasteiger partial charge in [-0.2, -0.15) is 0 Å². The van der Waals surface area contributed by atoms with Gasteiger partial charge in [0, 0.05) is 92.1 Å². The molecule has 9 saturated heterocycles. The van der Waals surface area contributed by atoms with Gasteiger partial charge in [0.05, 0.1) is 64.4 Å². The molecule has 3 aromatic carbocycles. The van der Waals surface area contributed by atoms with Crippen molar-refractivity contribution in [1.82, 2.24) is 43.4 Å². The molecule has 0 spiro atoms. The van der Waals surface area contributed by atoms with Crippen molar-refractivity contribution in [3.05, 3.63) is 104 Å². The quantitative estimate of drug-likeness (QED) is 0.106. The number of rotatable bonds is 13. The summed E-state index contributed by atoms with van der Waals surface area (Å²) >= 11 is 0. The number of morpholine rings is 1. The van der Waals surface area contributed by atoms with Crippen LogP contribution in [-0.2, 0) is 19.1 Å². The molecule has 6 aromatic rings. The first kappa shape index (κ1) is 75.4. The third-order valence-corrected chi connectivity index (χ3v) is 32.0. The monoisotopic (exact) mass is 1520 g/mol. The third kappa shape index (κ3) is 14.2. The van der Waals surface area contributed by atoms with Crippen molar-refractivity contribution >= 4 is 67.9 Å². The summed E-state index contributed by atoms with van der Waals surface area (Å²) < 4.78 is 12.4. The van der Waals surface area contributed by atoms with Gasteiger partial charge in [-0.05, 0) is 271 Å². The van der Waals surface area contributed by atoms with E-state index in [0.717, 1.165) is 177 Å². The van der Waals surface area contributed by atoms with Gasteiger partial charge < -0.3 is 33.1 Å². The van der Waals surface area contributed by atoms with Crippen LogP contribution in [-0.4, -0.2) is 166 Å². The summed E-state index contributed by atoms with van der Waals surface area (Å²) in [5, 5.41) is 0. The van der Waals surface area contributed by atoms with Gasteiger partial charge in [-0.25, -0.2) is 15.0 Å². The number of Topliss-reactive ketones (excluding diaryl/α,β-unsaturated/α-hetero) is 3. The highest BCUT2D eigenvalue weighted by Crippen LogP contribution is 2.53. The Labute approximate surface area is 662 Å². The van der Waals surface area contributed by atoms with Crippen molar-refractivity contribution in [3.63, 3.8) is 0 Å². The lowest BCUT2D eigenvalue weighted by molar-refractivity contribution is -0.120. The Bertz CT molecular complexity index is 4600. The zero-order valence-electron chi connectivity index (χ0n) is 67.8. The minimum atomic E-state index is -0.225. The smallest absolute Gasteiger partial charge is 0.294 e. The number of carbonyl (C=O) groups excluding carboxylic acids is 3. The predicted octanol–water partition coefficient (Wildman–Crippen LogP) is 15.4. The maximum atomic E-state index is 14.1. The minimum Gasteiger partial charge on any atom is -0.378 e. The van der Waals surface area contributed by atoms with Crippen molar-refractivity contribution < 1.29 is 19.1 Å². The van der Waals surface area contributed by atoms with Crippen LogP contribution in [0.1, 0.15) is 265 Å². The summed E-state index contributed by atoms with van der Waals surface area (Å²) in [6, 6.07) is 29.4. The van der Waals surface area contributed by atoms with Crippen LogP contribution in [0.5, 0.6) is 0 Å². The van der Waals surface area contributed by atoms with Gasteiger partial charge in [0.25, 0.3) is 16.7 Å². The predicted molar refractivity (Wildman–Crippen MR) is 443 cm³/mol. The van der Waals surface area contributed by atoms with Crippen LogP contribution >= 0.6 is 0 Å². The molecule has 23 atom stereocenters. The topological polar surface area (TPSA) is 185 Å². The Morgan fingerprint density at radius 2 is 0.661 bits per heavy atom. The van der Waals surface area contributed by atoms with E-state index in [9.17, 15) is 28.8 Å². The molecule has 21 rings (SSSR count). The Kier molecular flexibility index (Phi) is 21.1. The standard InChI is InChI=1S/C31H42N4O3.2C31H42N4O2/c1-3-20-10-21-12-22(11-20)14-23(13-21)34-25-15-24(16-26(34)18-38-17-25)35-29-7-5-4-6-27(29)32-30(31(35)37)33-9-8-28(33)19(2)36;1-19-12-21-14-22(13-19)16-25(15-21)34-23-6-5-7-24(34)18-26(17-23)35-29-9-4-3-8-27(29)32-30(31(35)37)33-11-10-28(33)20(2)36;1-20(36)28-13-14-33(28)30-31(37)35(29-12-5-4-11-27(29)32-30)26-18-23-9-6-10-24(19-26)34(23)25-16-21-7-2-3-8-22(15-21)17-25/h4-7,20-26,28H,3,8-18H2,1-2H3;3-4,8-9,19,21-26,28H,5-7,10-18H2,1-2H3;4-5,11-12,21-26,28H,2-3,6-10,13-19H2,1H3/t20?,21-,22+,23?,24?,25-,26+,28-;19?,21-,22+,23-,24+,25?,26?,28-;21-,22+,23-,24+,25?,26?,28-/m000/s1. The van der Waals surface area contributed by atoms with Crippen molar-refractivity contribution in [2.24, 2.45) is 47.3 Å². The van der Waals surface area contributed by atoms with Crippen molar-refractivity contribution in [2.45, 2.75) is 337 Å². The van der Waals surface area contributed by atoms with Crippen LogP contribution in [0.3, 0.4) is 0 Å². The van der Waals surface area contributed by atoms with E-state index in [1.165, 1.54) is 154 Å². The second-order valence-corrected chi connectivity index (χ2v) is 39.0. The molecule has 0 amide bonds. The number of hydrogen-bond acceptors (Lipinski definition) is 16. The molecule has 19 nitrogen and oxygen atoms in total. The fourth-order valence-electron chi connectivity index (χ4n) is 27.4. The van der Waals surface area contributed by atoms with Gasteiger partial charge in [0.1, 0.15) is 0 Å². The highest BCUT2D eigenvalue weighted by molar-refractivity contribution is 5.89. The van der Waals surface area contributed by atoms with Gasteiger partial charge in [0.15, 0.2) is 34.8 Å². The van der Waals surface area contributed by atoms with Gasteiger partial charge >= 0.3 is 0 Å². The van der Waals surface area contributed by atoms with Crippen molar-refractivity contribution in [3.8, 4) is 0 Å². The molecule has 12 bridgehead atoms. The first-order valence-corrected chi connectivity index (χ1v) is 45.3. The summed E-state index contributed by atoms with van der Waals surface area (Å²) in [4.78, 5) is 108. The average molecular weight is 1520 g/mol. The summed E-state index contributed by atoms with van der Waals surface area (Å²) in [5.41, 5.74) is 5.37. The Morgan fingerprint density at radius 1 is 0.348 bits per heavy atom. The Morgan fingerprint density at radius 3 is 0.991 bits per heavy atom. The molecule has 600 valence electrons. The molecule has 19 heteroatoms. The largest absolute Gasteiger partial charge is 0.378 e. The molecule has 15 fully saturated rings. The van der Waals surface area contributed by atoms with Crippen LogP contribution in [0.25, 0.3) is 33.1 Å². The number of aromatic nitrogens is 6. The lowest BCUT2D eigenvalue weighted by Crippen LogP contribution is -2.62. The van der Waals surface area contributed by atoms with Gasteiger partial charge in [-0.1, -0.05) is 95.2 Å². The van der Waals surface area contributed by atoms with Crippen LogP contribution in [0, 0.1) is 47.3 Å². The Hall–Kier alpha value is -6.67. The summed E-state index contributed by atoms with van der Waals surface area (Å²) in [6.07, 6.45) is 41.7. The lowest BCUT2D eigenvalue weighted by Gasteiger charge is -2.56. The summed E-state index contributed by atoms with van der Waals surface area (Å²) in [7, 11) is 0. The number of para-hydroxylation sites is 6. The van der Waals surface area contributed by atoms with Crippen molar-refractivity contribution in [1.29, 1.82) is 0 Å². The molecule has 112 heavy (non-hydrogen) atoms. The second-order valence-electron chi connectivity index (χ2n) is 39.0. The number of benzene rings is 3. The van der Waals surface area contributed by atoms with Gasteiger partial charge in [-0.15, -0.1) is 0 Å². The summed E-state index contributed by atoms with van der Waals surface area (Å²) in [6.45, 7) is 13.4.